The lowest BCUT2D eigenvalue weighted by atomic mass is 9.87. The van der Waals surface area contributed by atoms with E-state index in [-0.39, 0.29) is 35.8 Å². The van der Waals surface area contributed by atoms with E-state index in [0.29, 0.717) is 11.3 Å². The second-order valence-electron chi connectivity index (χ2n) is 6.02. The molecule has 1 atom stereocenters. The molecule has 0 fully saturated rings. The first-order chi connectivity index (χ1) is 12.0. The molecule has 138 valence electrons. The molecule has 1 unspecified atom stereocenters. The van der Waals surface area contributed by atoms with E-state index in [0.717, 1.165) is 30.4 Å². The van der Waals surface area contributed by atoms with E-state index in [2.05, 4.69) is 5.32 Å². The van der Waals surface area contributed by atoms with Gasteiger partial charge in [0.05, 0.1) is 18.1 Å². The minimum absolute atomic E-state index is 0. The third-order valence-corrected chi connectivity index (χ3v) is 4.43. The van der Waals surface area contributed by atoms with Crippen molar-refractivity contribution in [1.29, 1.82) is 0 Å². The zero-order valence-corrected chi connectivity index (χ0v) is 15.0. The highest BCUT2D eigenvalue weighted by Crippen LogP contribution is 2.32. The van der Waals surface area contributed by atoms with Gasteiger partial charge < -0.3 is 15.8 Å². The van der Waals surface area contributed by atoms with Gasteiger partial charge >= 0.3 is 5.69 Å². The molecule has 8 heteroatoms. The van der Waals surface area contributed by atoms with Crippen molar-refractivity contribution < 1.29 is 14.5 Å². The smallest absolute Gasteiger partial charge is 0.310 e. The number of benzene rings is 2. The van der Waals surface area contributed by atoms with Crippen LogP contribution in [0, 0.1) is 10.1 Å². The minimum atomic E-state index is -0.539. The number of hydrogen-bond acceptors (Lipinski definition) is 5. The first kappa shape index (κ1) is 19.5. The van der Waals surface area contributed by atoms with Crippen molar-refractivity contribution in [2.45, 2.75) is 25.3 Å². The van der Waals surface area contributed by atoms with Gasteiger partial charge in [0.25, 0.3) is 5.91 Å². The second kappa shape index (κ2) is 8.05. The molecular weight excluding hydrogens is 358 g/mol. The van der Waals surface area contributed by atoms with Crippen LogP contribution in [0.3, 0.4) is 0 Å². The summed E-state index contributed by atoms with van der Waals surface area (Å²) in [6.07, 6.45) is 2.75. The van der Waals surface area contributed by atoms with Gasteiger partial charge in [-0.2, -0.15) is 0 Å². The van der Waals surface area contributed by atoms with Crippen LogP contribution in [0.25, 0.3) is 0 Å². The average molecular weight is 378 g/mol. The lowest BCUT2D eigenvalue weighted by molar-refractivity contribution is -0.385. The standard InChI is InChI=1S/C18H19N3O4.ClH/c1-25-17-10-12(5-8-16(17)21(23)24)18(22)20-15-4-2-3-11-9-13(19)6-7-14(11)15;/h5-10,15H,2-4,19H2,1H3,(H,20,22);1H. The van der Waals surface area contributed by atoms with E-state index in [9.17, 15) is 14.9 Å². The molecule has 0 heterocycles. The van der Waals surface area contributed by atoms with E-state index < -0.39 is 4.92 Å². The number of carbonyl (C=O) groups excluding carboxylic acids is 1. The van der Waals surface area contributed by atoms with E-state index in [1.54, 1.807) is 0 Å². The number of methoxy groups -OCH3 is 1. The summed E-state index contributed by atoms with van der Waals surface area (Å²) in [5.74, 6) is -0.225. The van der Waals surface area contributed by atoms with Crippen molar-refractivity contribution in [1.82, 2.24) is 5.32 Å². The van der Waals surface area contributed by atoms with E-state index in [4.69, 9.17) is 10.5 Å². The Balaban J connectivity index is 0.00000243. The number of amides is 1. The number of nitrogens with two attached hydrogens (primary N) is 1. The van der Waals surface area contributed by atoms with Gasteiger partial charge in [0.15, 0.2) is 5.75 Å². The van der Waals surface area contributed by atoms with Crippen LogP contribution in [0.2, 0.25) is 0 Å². The first-order valence-corrected chi connectivity index (χ1v) is 8.01. The molecule has 7 nitrogen and oxygen atoms in total. The average Bonchev–Trinajstić information content (AvgIpc) is 2.60. The highest BCUT2D eigenvalue weighted by molar-refractivity contribution is 5.95. The highest BCUT2D eigenvalue weighted by atomic mass is 35.5. The molecule has 26 heavy (non-hydrogen) atoms. The number of nitrogens with zero attached hydrogens (tertiary/aromatic N) is 1. The van der Waals surface area contributed by atoms with E-state index >= 15 is 0 Å². The molecule has 0 aliphatic heterocycles. The van der Waals surface area contributed by atoms with Crippen molar-refractivity contribution in [3.63, 3.8) is 0 Å². The number of aryl methyl sites for hydroxylation is 1. The third kappa shape index (κ3) is 3.88. The topological polar surface area (TPSA) is 107 Å². The van der Waals surface area contributed by atoms with Crippen LogP contribution in [-0.2, 0) is 6.42 Å². The lowest BCUT2D eigenvalue weighted by Gasteiger charge is -2.26. The molecule has 1 amide bonds. The minimum Gasteiger partial charge on any atom is -0.490 e. The number of rotatable bonds is 4. The van der Waals surface area contributed by atoms with Crippen LogP contribution in [0.4, 0.5) is 11.4 Å². The Morgan fingerprint density at radius 3 is 2.77 bits per heavy atom. The number of nitro groups is 1. The first-order valence-electron chi connectivity index (χ1n) is 8.01. The number of nitrogens with one attached hydrogen (secondary N) is 1. The van der Waals surface area contributed by atoms with Gasteiger partial charge in [-0.25, -0.2) is 0 Å². The molecule has 3 N–H and O–H groups in total. The molecule has 0 saturated carbocycles. The maximum atomic E-state index is 12.6. The van der Waals surface area contributed by atoms with Crippen LogP contribution in [0.5, 0.6) is 5.75 Å². The summed E-state index contributed by atoms with van der Waals surface area (Å²) >= 11 is 0. The molecule has 0 spiro atoms. The third-order valence-electron chi connectivity index (χ3n) is 4.43. The zero-order valence-electron chi connectivity index (χ0n) is 14.2. The van der Waals surface area contributed by atoms with Gasteiger partial charge in [0.2, 0.25) is 0 Å². The number of fused-ring (bicyclic) bond motifs is 1. The van der Waals surface area contributed by atoms with Gasteiger partial charge in [0, 0.05) is 23.4 Å². The second-order valence-corrected chi connectivity index (χ2v) is 6.02. The number of nitro benzene ring substituents is 1. The summed E-state index contributed by atoms with van der Waals surface area (Å²) in [5.41, 5.74) is 8.93. The maximum Gasteiger partial charge on any atom is 0.310 e. The van der Waals surface area contributed by atoms with Crippen LogP contribution < -0.4 is 15.8 Å². The number of nitrogen functional groups attached to an aromatic ring is 1. The summed E-state index contributed by atoms with van der Waals surface area (Å²) in [6.45, 7) is 0. The molecule has 0 saturated heterocycles. The van der Waals surface area contributed by atoms with Crippen LogP contribution >= 0.6 is 12.4 Å². The number of ether oxygens (including phenoxy) is 1. The molecule has 2 aromatic rings. The van der Waals surface area contributed by atoms with Crippen molar-refractivity contribution in [2.75, 3.05) is 12.8 Å². The van der Waals surface area contributed by atoms with Gasteiger partial charge in [-0.3, -0.25) is 14.9 Å². The molecule has 2 aromatic carbocycles. The number of carbonyl (C=O) groups is 1. The molecule has 1 aliphatic rings. The quantitative estimate of drug-likeness (QED) is 0.482. The van der Waals surface area contributed by atoms with Gasteiger partial charge in [-0.05, 0) is 48.6 Å². The van der Waals surface area contributed by atoms with Crippen molar-refractivity contribution in [2.24, 2.45) is 0 Å². The molecule has 0 bridgehead atoms. The summed E-state index contributed by atoms with van der Waals surface area (Å²) in [7, 11) is 1.34. The zero-order chi connectivity index (χ0) is 18.0. The van der Waals surface area contributed by atoms with Crippen LogP contribution in [-0.4, -0.2) is 17.9 Å². The summed E-state index contributed by atoms with van der Waals surface area (Å²) < 4.78 is 5.02. The highest BCUT2D eigenvalue weighted by Gasteiger charge is 2.24. The Labute approximate surface area is 157 Å². The van der Waals surface area contributed by atoms with Crippen LogP contribution in [0.1, 0.15) is 40.4 Å². The Kier molecular flexibility index (Phi) is 6.05. The number of halogens is 1. The Hall–Kier alpha value is -2.80. The van der Waals surface area contributed by atoms with Crippen molar-refractivity contribution >= 4 is 29.7 Å². The largest absolute Gasteiger partial charge is 0.490 e. The monoisotopic (exact) mass is 377 g/mol. The molecule has 1 aliphatic carbocycles. The molecule has 0 aromatic heterocycles. The van der Waals surface area contributed by atoms with Gasteiger partial charge in [-0.15, -0.1) is 12.4 Å². The summed E-state index contributed by atoms with van der Waals surface area (Å²) in [5, 5.41) is 14.0. The SMILES string of the molecule is COc1cc(C(=O)NC2CCCc3cc(N)ccc32)ccc1[N+](=O)[O-].Cl. The summed E-state index contributed by atoms with van der Waals surface area (Å²) in [4.78, 5) is 23.0. The predicted octanol–water partition coefficient (Wildman–Crippen LogP) is 3.41. The maximum absolute atomic E-state index is 12.6. The molecular formula is C18H20ClN3O4. The summed E-state index contributed by atoms with van der Waals surface area (Å²) in [6, 6.07) is 9.73. The predicted molar refractivity (Wildman–Crippen MR) is 101 cm³/mol. The Morgan fingerprint density at radius 1 is 1.31 bits per heavy atom. The number of anilines is 1. The normalized spacial score (nSPS) is 15.3. The fraction of sp³-hybridized carbons (Fsp3) is 0.278. The van der Waals surface area contributed by atoms with E-state index in [1.807, 2.05) is 18.2 Å². The lowest BCUT2D eigenvalue weighted by Crippen LogP contribution is -2.31. The van der Waals surface area contributed by atoms with Crippen LogP contribution in [0.15, 0.2) is 36.4 Å². The molecule has 3 rings (SSSR count). The number of hydrogen-bond donors (Lipinski definition) is 2. The van der Waals surface area contributed by atoms with Crippen molar-refractivity contribution in [3.05, 3.63) is 63.2 Å². The van der Waals surface area contributed by atoms with Gasteiger partial charge in [0.1, 0.15) is 0 Å². The van der Waals surface area contributed by atoms with E-state index in [1.165, 1.54) is 25.3 Å². The van der Waals surface area contributed by atoms with Crippen molar-refractivity contribution in [3.8, 4) is 5.75 Å². The van der Waals surface area contributed by atoms with Gasteiger partial charge in [-0.1, -0.05) is 6.07 Å². The Morgan fingerprint density at radius 2 is 2.08 bits per heavy atom. The fourth-order valence-corrected chi connectivity index (χ4v) is 3.20. The molecule has 0 radical (unpaired) electrons. The Bertz CT molecular complexity index is 841. The fourth-order valence-electron chi connectivity index (χ4n) is 3.20.